The lowest BCUT2D eigenvalue weighted by atomic mass is 10.1. The number of primary amides is 1. The van der Waals surface area contributed by atoms with Gasteiger partial charge in [0.1, 0.15) is 6.04 Å². The summed E-state index contributed by atoms with van der Waals surface area (Å²) in [6.45, 7) is 5.74. The Morgan fingerprint density at radius 1 is 1.53 bits per heavy atom. The molecule has 1 aliphatic heterocycles. The van der Waals surface area contributed by atoms with E-state index in [0.29, 0.717) is 0 Å². The monoisotopic (exact) mass is 253 g/mol. The third kappa shape index (κ3) is 2.86. The van der Waals surface area contributed by atoms with Gasteiger partial charge in [0.05, 0.1) is 0 Å². The van der Waals surface area contributed by atoms with E-state index in [-0.39, 0.29) is 11.9 Å². The van der Waals surface area contributed by atoms with E-state index in [9.17, 15) is 4.79 Å². The van der Waals surface area contributed by atoms with Crippen LogP contribution in [-0.4, -0.2) is 37.0 Å². The van der Waals surface area contributed by atoms with Crippen molar-refractivity contribution in [1.82, 2.24) is 10.2 Å². The van der Waals surface area contributed by atoms with Crippen molar-refractivity contribution in [3.05, 3.63) is 21.9 Å². The van der Waals surface area contributed by atoms with Crippen LogP contribution in [0.1, 0.15) is 22.7 Å². The molecule has 1 unspecified atom stereocenters. The number of aryl methyl sites for hydroxylation is 1. The van der Waals surface area contributed by atoms with Crippen molar-refractivity contribution in [2.45, 2.75) is 19.4 Å². The van der Waals surface area contributed by atoms with E-state index in [1.54, 1.807) is 11.3 Å². The van der Waals surface area contributed by atoms with E-state index < -0.39 is 0 Å². The predicted molar refractivity (Wildman–Crippen MR) is 70.1 cm³/mol. The van der Waals surface area contributed by atoms with Crippen LogP contribution in [0.5, 0.6) is 0 Å². The van der Waals surface area contributed by atoms with Gasteiger partial charge in [-0.25, -0.2) is 0 Å². The molecule has 1 aromatic heterocycles. The van der Waals surface area contributed by atoms with Crippen LogP contribution in [0, 0.1) is 0 Å². The second-order valence-corrected chi connectivity index (χ2v) is 5.45. The highest BCUT2D eigenvalue weighted by molar-refractivity contribution is 7.12. The first-order valence-electron chi connectivity index (χ1n) is 6.05. The minimum Gasteiger partial charge on any atom is -0.368 e. The summed E-state index contributed by atoms with van der Waals surface area (Å²) in [5.41, 5.74) is 5.56. The first-order valence-corrected chi connectivity index (χ1v) is 6.86. The summed E-state index contributed by atoms with van der Waals surface area (Å²) in [6, 6.07) is 3.89. The number of nitrogens with one attached hydrogen (secondary N) is 1. The van der Waals surface area contributed by atoms with Crippen molar-refractivity contribution >= 4 is 17.2 Å². The first-order chi connectivity index (χ1) is 8.22. The average Bonchev–Trinajstić information content (AvgIpc) is 2.79. The smallest absolute Gasteiger partial charge is 0.240 e. The Balaban J connectivity index is 2.18. The maximum Gasteiger partial charge on any atom is 0.240 e. The molecule has 4 nitrogen and oxygen atoms in total. The zero-order valence-corrected chi connectivity index (χ0v) is 10.9. The molecule has 94 valence electrons. The van der Waals surface area contributed by atoms with Gasteiger partial charge in [-0.3, -0.25) is 9.69 Å². The van der Waals surface area contributed by atoms with Crippen LogP contribution < -0.4 is 11.1 Å². The molecule has 1 fully saturated rings. The predicted octanol–water partition coefficient (Wildman–Crippen LogP) is 0.742. The molecule has 1 amide bonds. The van der Waals surface area contributed by atoms with E-state index in [4.69, 9.17) is 5.73 Å². The number of nitrogens with zero attached hydrogens (tertiary/aromatic N) is 1. The quantitative estimate of drug-likeness (QED) is 0.832. The Bertz CT molecular complexity index is 385. The molecule has 1 aromatic rings. The van der Waals surface area contributed by atoms with E-state index in [1.807, 2.05) is 6.07 Å². The van der Waals surface area contributed by atoms with Crippen molar-refractivity contribution in [3.63, 3.8) is 0 Å². The average molecular weight is 253 g/mol. The molecule has 0 bridgehead atoms. The Morgan fingerprint density at radius 2 is 2.24 bits per heavy atom. The van der Waals surface area contributed by atoms with Crippen molar-refractivity contribution in [2.24, 2.45) is 5.73 Å². The van der Waals surface area contributed by atoms with Crippen molar-refractivity contribution in [3.8, 4) is 0 Å². The normalized spacial score (nSPS) is 19.1. The van der Waals surface area contributed by atoms with Crippen LogP contribution >= 0.6 is 11.3 Å². The van der Waals surface area contributed by atoms with Crippen molar-refractivity contribution in [1.29, 1.82) is 0 Å². The number of hydrogen-bond donors (Lipinski definition) is 2. The van der Waals surface area contributed by atoms with E-state index in [1.165, 1.54) is 4.88 Å². The maximum atomic E-state index is 11.7. The molecule has 0 radical (unpaired) electrons. The molecule has 1 atom stereocenters. The van der Waals surface area contributed by atoms with Gasteiger partial charge in [0, 0.05) is 35.9 Å². The lowest BCUT2D eigenvalue weighted by Gasteiger charge is -2.32. The Morgan fingerprint density at radius 3 is 2.76 bits per heavy atom. The molecule has 0 saturated carbocycles. The molecular weight excluding hydrogens is 234 g/mol. The summed E-state index contributed by atoms with van der Waals surface area (Å²) in [4.78, 5) is 16.2. The van der Waals surface area contributed by atoms with Gasteiger partial charge < -0.3 is 11.1 Å². The van der Waals surface area contributed by atoms with Gasteiger partial charge in [-0.1, -0.05) is 6.92 Å². The molecule has 1 aliphatic rings. The third-order valence-electron chi connectivity index (χ3n) is 3.09. The van der Waals surface area contributed by atoms with E-state index in [2.05, 4.69) is 23.2 Å². The van der Waals surface area contributed by atoms with Crippen LogP contribution in [0.4, 0.5) is 0 Å². The SMILES string of the molecule is CCc1ccc(C(C(N)=O)N2CCNCC2)s1. The Hall–Kier alpha value is -0.910. The fourth-order valence-corrected chi connectivity index (χ4v) is 3.27. The number of amides is 1. The van der Waals surface area contributed by atoms with Crippen LogP contribution in [0.15, 0.2) is 12.1 Å². The van der Waals surface area contributed by atoms with Crippen molar-refractivity contribution < 1.29 is 4.79 Å². The minimum absolute atomic E-state index is 0.239. The molecule has 3 N–H and O–H groups in total. The van der Waals surface area contributed by atoms with Gasteiger partial charge in [-0.2, -0.15) is 0 Å². The second kappa shape index (κ2) is 5.62. The molecule has 1 saturated heterocycles. The summed E-state index contributed by atoms with van der Waals surface area (Å²) < 4.78 is 0. The zero-order chi connectivity index (χ0) is 12.3. The molecule has 0 aromatic carbocycles. The fraction of sp³-hybridized carbons (Fsp3) is 0.583. The first kappa shape index (κ1) is 12.5. The topological polar surface area (TPSA) is 58.4 Å². The maximum absolute atomic E-state index is 11.7. The van der Waals surface area contributed by atoms with Crippen molar-refractivity contribution in [2.75, 3.05) is 26.2 Å². The number of piperazine rings is 1. The highest BCUT2D eigenvalue weighted by atomic mass is 32.1. The van der Waals surface area contributed by atoms with Gasteiger partial charge in [0.2, 0.25) is 5.91 Å². The summed E-state index contributed by atoms with van der Waals surface area (Å²) in [5.74, 6) is -0.239. The lowest BCUT2D eigenvalue weighted by molar-refractivity contribution is -0.123. The van der Waals surface area contributed by atoms with Crippen LogP contribution in [-0.2, 0) is 11.2 Å². The van der Waals surface area contributed by atoms with Crippen LogP contribution in [0.3, 0.4) is 0 Å². The highest BCUT2D eigenvalue weighted by Crippen LogP contribution is 2.28. The standard InChI is InChI=1S/C12H19N3OS/c1-2-9-3-4-10(17-9)11(12(13)16)15-7-5-14-6-8-15/h3-4,11,14H,2,5-8H2,1H3,(H2,13,16). The number of thiophene rings is 1. The van der Waals surface area contributed by atoms with Crippen LogP contribution in [0.25, 0.3) is 0 Å². The van der Waals surface area contributed by atoms with Gasteiger partial charge in [0.25, 0.3) is 0 Å². The molecule has 17 heavy (non-hydrogen) atoms. The fourth-order valence-electron chi connectivity index (χ4n) is 2.17. The number of carbonyl (C=O) groups is 1. The number of carbonyl (C=O) groups excluding carboxylic acids is 1. The molecule has 5 heteroatoms. The molecule has 2 rings (SSSR count). The van der Waals surface area contributed by atoms with E-state index in [0.717, 1.165) is 37.5 Å². The van der Waals surface area contributed by atoms with Gasteiger partial charge in [-0.15, -0.1) is 11.3 Å². The third-order valence-corrected chi connectivity index (χ3v) is 4.37. The Labute approximate surface area is 106 Å². The summed E-state index contributed by atoms with van der Waals surface area (Å²) in [5, 5.41) is 3.29. The Kier molecular flexibility index (Phi) is 4.15. The molecular formula is C12H19N3OS. The summed E-state index contributed by atoms with van der Waals surface area (Å²) >= 11 is 1.70. The molecule has 2 heterocycles. The highest BCUT2D eigenvalue weighted by Gasteiger charge is 2.27. The molecule has 0 aliphatic carbocycles. The number of nitrogens with two attached hydrogens (primary N) is 1. The summed E-state index contributed by atoms with van der Waals surface area (Å²) in [6.07, 6.45) is 1.01. The lowest BCUT2D eigenvalue weighted by Crippen LogP contribution is -2.48. The summed E-state index contributed by atoms with van der Waals surface area (Å²) in [7, 11) is 0. The van der Waals surface area contributed by atoms with E-state index >= 15 is 0 Å². The second-order valence-electron chi connectivity index (χ2n) is 4.25. The van der Waals surface area contributed by atoms with Gasteiger partial charge >= 0.3 is 0 Å². The van der Waals surface area contributed by atoms with Gasteiger partial charge in [-0.05, 0) is 18.6 Å². The number of rotatable bonds is 4. The zero-order valence-electron chi connectivity index (χ0n) is 10.1. The number of hydrogen-bond acceptors (Lipinski definition) is 4. The molecule has 0 spiro atoms. The van der Waals surface area contributed by atoms with Gasteiger partial charge in [0.15, 0.2) is 0 Å². The van der Waals surface area contributed by atoms with Crippen LogP contribution in [0.2, 0.25) is 0 Å². The largest absolute Gasteiger partial charge is 0.368 e. The minimum atomic E-state index is -0.248.